The van der Waals surface area contributed by atoms with Gasteiger partial charge in [-0.25, -0.2) is 0 Å². The molecule has 156 valence electrons. The van der Waals surface area contributed by atoms with Crippen LogP contribution in [0.25, 0.3) is 0 Å². The molecule has 29 heavy (non-hydrogen) atoms. The van der Waals surface area contributed by atoms with E-state index in [2.05, 4.69) is 10.9 Å². The van der Waals surface area contributed by atoms with Gasteiger partial charge in [-0.1, -0.05) is 0 Å². The largest absolute Gasteiger partial charge is 0.377 e. The molecule has 2 heterocycles. The maximum atomic E-state index is 11.5. The van der Waals surface area contributed by atoms with Crippen LogP contribution in [-0.4, -0.2) is 85.1 Å². The van der Waals surface area contributed by atoms with Crippen molar-refractivity contribution >= 4 is 35.4 Å². The second-order valence-corrected chi connectivity index (χ2v) is 5.48. The van der Waals surface area contributed by atoms with Gasteiger partial charge in [0.05, 0.1) is 26.4 Å². The lowest BCUT2D eigenvalue weighted by atomic mass is 10.6. The molecule has 2 aliphatic heterocycles. The highest BCUT2D eigenvalue weighted by atomic mass is 16.5. The first-order valence-corrected chi connectivity index (χ1v) is 8.33. The molecule has 0 spiro atoms. The normalized spacial score (nSPS) is 15.6. The first kappa shape index (κ1) is 21.9. The van der Waals surface area contributed by atoms with Crippen LogP contribution in [0.4, 0.5) is 0 Å². The fourth-order valence-electron chi connectivity index (χ4n) is 2.00. The number of carbonyl (C=O) groups excluding carboxylic acids is 6. The maximum absolute atomic E-state index is 11.5. The summed E-state index contributed by atoms with van der Waals surface area (Å²) >= 11 is 0. The smallest absolute Gasteiger partial charge is 0.272 e. The molecule has 0 saturated carbocycles. The Morgan fingerprint density at radius 1 is 0.621 bits per heavy atom. The molecule has 0 aromatic heterocycles. The van der Waals surface area contributed by atoms with Gasteiger partial charge in [0, 0.05) is 24.3 Å². The van der Waals surface area contributed by atoms with Gasteiger partial charge in [-0.05, 0) is 0 Å². The monoisotopic (exact) mass is 410 g/mol. The van der Waals surface area contributed by atoms with Crippen LogP contribution in [0, 0.1) is 0 Å². The highest BCUT2D eigenvalue weighted by Gasteiger charge is 2.26. The van der Waals surface area contributed by atoms with Gasteiger partial charge in [0.25, 0.3) is 35.4 Å². The Labute approximate surface area is 164 Å². The topological polar surface area (TPSA) is 161 Å². The summed E-state index contributed by atoms with van der Waals surface area (Å²) in [5.74, 6) is -3.91. The molecule has 0 unspecified atom stereocenters. The number of rotatable bonds is 12. The molecule has 13 heteroatoms. The Hall–Kier alpha value is -3.42. The zero-order valence-electron chi connectivity index (χ0n) is 15.1. The van der Waals surface area contributed by atoms with Crippen molar-refractivity contribution in [3.05, 3.63) is 24.3 Å². The molecular weight excluding hydrogens is 392 g/mol. The Morgan fingerprint density at radius 3 is 1.28 bits per heavy atom. The van der Waals surface area contributed by atoms with Crippen LogP contribution < -0.4 is 10.9 Å². The number of imide groups is 2. The second-order valence-electron chi connectivity index (χ2n) is 5.48. The van der Waals surface area contributed by atoms with Gasteiger partial charge in [-0.3, -0.25) is 39.6 Å². The van der Waals surface area contributed by atoms with E-state index in [4.69, 9.17) is 14.2 Å². The third kappa shape index (κ3) is 6.91. The summed E-state index contributed by atoms with van der Waals surface area (Å²) in [6, 6.07) is 0. The predicted octanol–water partition coefficient (Wildman–Crippen LogP) is -3.05. The molecule has 13 nitrogen and oxygen atoms in total. The standard InChI is InChI=1S/C16H18N4O9/c21-11(17-19-13(23)1-2-14(19)24)9-28-7-5-27-6-8-29-10-12(22)18-20-15(25)3-4-16(20)26/h1-4H,5-10H2,(H,17,21)(H,18,22). The molecule has 0 radical (unpaired) electrons. The molecule has 0 saturated heterocycles. The minimum Gasteiger partial charge on any atom is -0.377 e. The van der Waals surface area contributed by atoms with E-state index < -0.39 is 35.4 Å². The summed E-state index contributed by atoms with van der Waals surface area (Å²) in [5.41, 5.74) is 4.20. The van der Waals surface area contributed by atoms with Gasteiger partial charge in [-0.2, -0.15) is 10.0 Å². The number of ether oxygens (including phenoxy) is 3. The van der Waals surface area contributed by atoms with Gasteiger partial charge >= 0.3 is 0 Å². The minimum absolute atomic E-state index is 0.0697. The summed E-state index contributed by atoms with van der Waals surface area (Å²) in [4.78, 5) is 68.1. The molecule has 6 amide bonds. The minimum atomic E-state index is -0.671. The number of amides is 6. The number of hydrogen-bond donors (Lipinski definition) is 2. The van der Waals surface area contributed by atoms with Crippen LogP contribution in [0.15, 0.2) is 24.3 Å². The third-order valence-corrected chi connectivity index (χ3v) is 3.30. The molecule has 0 atom stereocenters. The van der Waals surface area contributed by atoms with Gasteiger partial charge < -0.3 is 14.2 Å². The molecular formula is C16H18N4O9. The maximum Gasteiger partial charge on any atom is 0.272 e. The summed E-state index contributed by atoms with van der Waals surface area (Å²) < 4.78 is 15.2. The Kier molecular flexibility index (Phi) is 8.14. The average Bonchev–Trinajstić information content (AvgIpc) is 3.16. The van der Waals surface area contributed by atoms with E-state index in [0.29, 0.717) is 10.0 Å². The van der Waals surface area contributed by atoms with Crippen molar-refractivity contribution in [2.24, 2.45) is 0 Å². The van der Waals surface area contributed by atoms with Crippen LogP contribution in [0.3, 0.4) is 0 Å². The van der Waals surface area contributed by atoms with E-state index in [-0.39, 0.29) is 39.6 Å². The lowest BCUT2D eigenvalue weighted by Crippen LogP contribution is -2.47. The molecule has 0 bridgehead atoms. The van der Waals surface area contributed by atoms with E-state index in [1.54, 1.807) is 0 Å². The average molecular weight is 410 g/mol. The molecule has 0 aromatic rings. The van der Waals surface area contributed by atoms with Crippen LogP contribution in [0.2, 0.25) is 0 Å². The molecule has 0 aromatic carbocycles. The quantitative estimate of drug-likeness (QED) is 0.251. The van der Waals surface area contributed by atoms with E-state index in [9.17, 15) is 28.8 Å². The van der Waals surface area contributed by atoms with Gasteiger partial charge in [0.1, 0.15) is 13.2 Å². The third-order valence-electron chi connectivity index (χ3n) is 3.30. The number of hydrazine groups is 2. The Balaban J connectivity index is 1.42. The van der Waals surface area contributed by atoms with Crippen molar-refractivity contribution in [3.63, 3.8) is 0 Å². The van der Waals surface area contributed by atoms with Crippen LogP contribution in [0.5, 0.6) is 0 Å². The van der Waals surface area contributed by atoms with Crippen molar-refractivity contribution < 1.29 is 43.0 Å². The number of nitrogens with zero attached hydrogens (tertiary/aromatic N) is 2. The number of carbonyl (C=O) groups is 6. The van der Waals surface area contributed by atoms with Crippen LogP contribution in [0.1, 0.15) is 0 Å². The fourth-order valence-corrected chi connectivity index (χ4v) is 2.00. The zero-order valence-corrected chi connectivity index (χ0v) is 15.1. The second kappa shape index (κ2) is 10.8. The van der Waals surface area contributed by atoms with Crippen LogP contribution >= 0.6 is 0 Å². The van der Waals surface area contributed by atoms with Gasteiger partial charge in [-0.15, -0.1) is 0 Å². The van der Waals surface area contributed by atoms with E-state index >= 15 is 0 Å². The zero-order chi connectivity index (χ0) is 21.2. The Bertz CT molecular complexity index is 663. The number of hydrogen-bond acceptors (Lipinski definition) is 9. The van der Waals surface area contributed by atoms with E-state index in [0.717, 1.165) is 24.3 Å². The van der Waals surface area contributed by atoms with Gasteiger partial charge in [0.15, 0.2) is 0 Å². The van der Waals surface area contributed by atoms with E-state index in [1.165, 1.54) is 0 Å². The molecule has 0 aliphatic carbocycles. The lowest BCUT2D eigenvalue weighted by molar-refractivity contribution is -0.148. The lowest BCUT2D eigenvalue weighted by Gasteiger charge is -2.15. The summed E-state index contributed by atoms with van der Waals surface area (Å²) in [6.07, 6.45) is 4.13. The van der Waals surface area contributed by atoms with Crippen molar-refractivity contribution in [2.45, 2.75) is 0 Å². The molecule has 2 N–H and O–H groups in total. The molecule has 0 fully saturated rings. The number of nitrogens with one attached hydrogen (secondary N) is 2. The summed E-state index contributed by atoms with van der Waals surface area (Å²) in [5, 5.41) is 1.14. The van der Waals surface area contributed by atoms with E-state index in [1.807, 2.05) is 0 Å². The summed E-state index contributed by atoms with van der Waals surface area (Å²) in [7, 11) is 0. The first-order valence-electron chi connectivity index (χ1n) is 8.33. The molecule has 2 aliphatic rings. The van der Waals surface area contributed by atoms with Gasteiger partial charge in [0.2, 0.25) is 0 Å². The van der Waals surface area contributed by atoms with Crippen molar-refractivity contribution in [1.29, 1.82) is 0 Å². The molecule has 2 rings (SSSR count). The summed E-state index contributed by atoms with van der Waals surface area (Å²) in [6.45, 7) is -0.344. The van der Waals surface area contributed by atoms with Crippen LogP contribution in [-0.2, 0) is 43.0 Å². The van der Waals surface area contributed by atoms with Crippen molar-refractivity contribution in [2.75, 3.05) is 39.6 Å². The van der Waals surface area contributed by atoms with Crippen molar-refractivity contribution in [1.82, 2.24) is 20.9 Å². The SMILES string of the molecule is O=C(COCCOCCOCC(=O)NN1C(=O)C=CC1=O)NN1C(=O)C=CC1=O. The highest BCUT2D eigenvalue weighted by Crippen LogP contribution is 2.00. The van der Waals surface area contributed by atoms with Crippen molar-refractivity contribution in [3.8, 4) is 0 Å². The highest BCUT2D eigenvalue weighted by molar-refractivity contribution is 6.14. The predicted molar refractivity (Wildman–Crippen MR) is 90.7 cm³/mol. The fraction of sp³-hybridized carbons (Fsp3) is 0.375. The Morgan fingerprint density at radius 2 is 0.931 bits per heavy atom. The first-order chi connectivity index (χ1) is 13.9.